The van der Waals surface area contributed by atoms with Crippen LogP contribution in [-0.2, 0) is 4.79 Å². The molecule has 2 aromatic carbocycles. The molecule has 5 rings (SSSR count). The molecule has 1 amide bonds. The normalized spacial score (nSPS) is 17.5. The van der Waals surface area contributed by atoms with Crippen molar-refractivity contribution in [2.24, 2.45) is 0 Å². The van der Waals surface area contributed by atoms with Crippen LogP contribution in [0.15, 0.2) is 49.2 Å². The van der Waals surface area contributed by atoms with Gasteiger partial charge in [0.25, 0.3) is 0 Å². The number of aliphatic hydroxyl groups is 1. The van der Waals surface area contributed by atoms with E-state index in [0.29, 0.717) is 12.0 Å². The highest BCUT2D eigenvalue weighted by Crippen LogP contribution is 2.45. The number of hydrogen-bond donors (Lipinski definition) is 3. The van der Waals surface area contributed by atoms with Crippen LogP contribution in [0, 0.1) is 29.8 Å². The van der Waals surface area contributed by atoms with Gasteiger partial charge >= 0.3 is 0 Å². The van der Waals surface area contributed by atoms with Gasteiger partial charge in [-0.15, -0.1) is 0 Å². The Morgan fingerprint density at radius 1 is 1.20 bits per heavy atom. The van der Waals surface area contributed by atoms with Crippen molar-refractivity contribution in [3.8, 4) is 16.9 Å². The number of carbonyl (C=O) groups excluding carboxylic acids is 1. The molecule has 11 heteroatoms. The fraction of sp³-hybridized carbons (Fsp3) is 0.300. The molecule has 3 aromatic rings. The number of carbonyl (C=O) groups is 1. The summed E-state index contributed by atoms with van der Waals surface area (Å²) in [7, 11) is 0. The van der Waals surface area contributed by atoms with Crippen molar-refractivity contribution in [2.45, 2.75) is 32.4 Å². The topological polar surface area (TPSA) is 102 Å². The number of benzene rings is 2. The number of piperazine rings is 1. The van der Waals surface area contributed by atoms with Crippen molar-refractivity contribution in [2.75, 3.05) is 31.6 Å². The predicted molar refractivity (Wildman–Crippen MR) is 149 cm³/mol. The molecule has 1 saturated heterocycles. The minimum atomic E-state index is -1.13. The largest absolute Gasteiger partial charge is 0.490 e. The second-order valence-electron chi connectivity index (χ2n) is 10.1. The van der Waals surface area contributed by atoms with Gasteiger partial charge in [-0.25, -0.2) is 13.2 Å². The van der Waals surface area contributed by atoms with Gasteiger partial charge in [0.1, 0.15) is 11.7 Å². The fourth-order valence-electron chi connectivity index (χ4n) is 5.40. The van der Waals surface area contributed by atoms with Crippen molar-refractivity contribution >= 4 is 23.1 Å². The van der Waals surface area contributed by atoms with Crippen LogP contribution in [0.1, 0.15) is 36.3 Å². The molecule has 1 fully saturated rings. The molecular weight excluding hydrogens is 535 g/mol. The number of ether oxygens (including phenoxy) is 1. The number of amides is 1. The summed E-state index contributed by atoms with van der Waals surface area (Å²) in [6.45, 7) is 7.58. The third-order valence-electron chi connectivity index (χ3n) is 7.50. The van der Waals surface area contributed by atoms with E-state index in [2.05, 4.69) is 16.9 Å². The Balaban J connectivity index is 1.73. The highest BCUT2D eigenvalue weighted by molar-refractivity contribution is 6.06. The lowest BCUT2D eigenvalue weighted by Gasteiger charge is -2.44. The zero-order chi connectivity index (χ0) is 29.4. The Hall–Kier alpha value is -4.38. The van der Waals surface area contributed by atoms with Gasteiger partial charge in [-0.2, -0.15) is 0 Å². The molecule has 3 heterocycles. The third-order valence-corrected chi connectivity index (χ3v) is 7.50. The van der Waals surface area contributed by atoms with Crippen LogP contribution in [0.25, 0.3) is 11.1 Å². The Kier molecular flexibility index (Phi) is 7.72. The van der Waals surface area contributed by atoms with E-state index >= 15 is 8.78 Å². The number of nitrogens with zero attached hydrogens (tertiary/aromatic N) is 3. The molecule has 2 atom stereocenters. The fourth-order valence-corrected chi connectivity index (χ4v) is 5.40. The average molecular weight is 566 g/mol. The summed E-state index contributed by atoms with van der Waals surface area (Å²) >= 11 is 0. The van der Waals surface area contributed by atoms with Gasteiger partial charge in [0.15, 0.2) is 17.4 Å². The zero-order valence-electron chi connectivity index (χ0n) is 22.7. The molecule has 8 nitrogen and oxygen atoms in total. The van der Waals surface area contributed by atoms with Gasteiger partial charge in [0.2, 0.25) is 5.91 Å². The van der Waals surface area contributed by atoms with Gasteiger partial charge in [0.05, 0.1) is 46.9 Å². The van der Waals surface area contributed by atoms with Gasteiger partial charge in [-0.3, -0.25) is 15.2 Å². The second-order valence-corrected chi connectivity index (χ2v) is 10.1. The number of nitrogens with one attached hydrogen (secondary N) is 2. The number of aromatic nitrogens is 1. The molecule has 0 saturated carbocycles. The van der Waals surface area contributed by atoms with E-state index in [1.54, 1.807) is 22.8 Å². The number of hydrogen-bond acceptors (Lipinski definition) is 6. The van der Waals surface area contributed by atoms with E-state index in [4.69, 9.17) is 10.1 Å². The van der Waals surface area contributed by atoms with Crippen LogP contribution >= 0.6 is 0 Å². The molecule has 0 spiro atoms. The Morgan fingerprint density at radius 2 is 1.95 bits per heavy atom. The molecule has 214 valence electrons. The lowest BCUT2D eigenvalue weighted by atomic mass is 9.95. The lowest BCUT2D eigenvalue weighted by Crippen LogP contribution is -2.57. The van der Waals surface area contributed by atoms with Crippen LogP contribution < -0.4 is 10.1 Å². The molecule has 2 unspecified atom stereocenters. The first kappa shape index (κ1) is 28.2. The van der Waals surface area contributed by atoms with Gasteiger partial charge in [-0.1, -0.05) is 24.8 Å². The van der Waals surface area contributed by atoms with E-state index in [1.807, 2.05) is 0 Å². The Labute approximate surface area is 235 Å². The van der Waals surface area contributed by atoms with E-state index in [1.165, 1.54) is 37.4 Å². The van der Waals surface area contributed by atoms with Crippen LogP contribution in [-0.4, -0.2) is 63.9 Å². The molecule has 3 N–H and O–H groups in total. The Bertz CT molecular complexity index is 1540. The molecule has 0 radical (unpaired) electrons. The summed E-state index contributed by atoms with van der Waals surface area (Å²) in [5, 5.41) is 22.5. The standard InChI is InChI=1S/C30H30F3N5O3/c1-4-21(40)37-12-13-38-18(15-37)10-14-41-29-23(30(38)34)28(36-26-16(2)9-11-35-27(26)17(3)39)24(32)22(25(29)33)19-7-5-6-8-20(19)31/h4-9,11,17-18,34,36,39H,1,10,12-15H2,2-3H3. The van der Waals surface area contributed by atoms with Crippen LogP contribution in [0.3, 0.4) is 0 Å². The first-order valence-electron chi connectivity index (χ1n) is 13.2. The first-order valence-corrected chi connectivity index (χ1v) is 13.2. The van der Waals surface area contributed by atoms with Crippen LogP contribution in [0.4, 0.5) is 24.5 Å². The number of pyridine rings is 1. The second kappa shape index (κ2) is 11.2. The number of halogens is 3. The third kappa shape index (κ3) is 5.01. The van der Waals surface area contributed by atoms with E-state index in [-0.39, 0.29) is 78.0 Å². The molecule has 2 aliphatic heterocycles. The smallest absolute Gasteiger partial charge is 0.246 e. The summed E-state index contributed by atoms with van der Waals surface area (Å²) in [5.41, 5.74) is -0.367. The Morgan fingerprint density at radius 3 is 2.66 bits per heavy atom. The number of amidine groups is 1. The number of anilines is 2. The van der Waals surface area contributed by atoms with E-state index in [0.717, 1.165) is 6.07 Å². The number of aliphatic hydroxyl groups excluding tert-OH is 1. The van der Waals surface area contributed by atoms with Crippen molar-refractivity contribution in [1.82, 2.24) is 14.8 Å². The highest BCUT2D eigenvalue weighted by Gasteiger charge is 2.38. The summed E-state index contributed by atoms with van der Waals surface area (Å²) in [4.78, 5) is 19.8. The summed E-state index contributed by atoms with van der Waals surface area (Å²) < 4.78 is 53.6. The van der Waals surface area contributed by atoms with E-state index in [9.17, 15) is 14.3 Å². The summed E-state index contributed by atoms with van der Waals surface area (Å²) in [6, 6.07) is 6.56. The van der Waals surface area contributed by atoms with Crippen LogP contribution in [0.5, 0.6) is 5.75 Å². The average Bonchev–Trinajstić information content (AvgIpc) is 2.95. The van der Waals surface area contributed by atoms with Crippen LogP contribution in [0.2, 0.25) is 0 Å². The van der Waals surface area contributed by atoms with Gasteiger partial charge < -0.3 is 25.0 Å². The molecule has 0 bridgehead atoms. The molecule has 0 aliphatic carbocycles. The first-order chi connectivity index (χ1) is 19.6. The molecule has 41 heavy (non-hydrogen) atoms. The molecule has 1 aromatic heterocycles. The summed E-state index contributed by atoms with van der Waals surface area (Å²) in [6.07, 6.45) is 2.04. The number of fused-ring (bicyclic) bond motifs is 2. The quantitative estimate of drug-likeness (QED) is 0.373. The van der Waals surface area contributed by atoms with Gasteiger partial charge in [0, 0.05) is 37.8 Å². The maximum atomic E-state index is 16.6. The van der Waals surface area contributed by atoms with Crippen molar-refractivity contribution < 1.29 is 27.8 Å². The van der Waals surface area contributed by atoms with Crippen molar-refractivity contribution in [1.29, 1.82) is 5.41 Å². The minimum Gasteiger partial charge on any atom is -0.490 e. The van der Waals surface area contributed by atoms with Crippen molar-refractivity contribution in [3.05, 3.63) is 83.5 Å². The van der Waals surface area contributed by atoms with Crippen molar-refractivity contribution in [3.63, 3.8) is 0 Å². The maximum absolute atomic E-state index is 16.6. The monoisotopic (exact) mass is 565 g/mol. The minimum absolute atomic E-state index is 0.00111. The zero-order valence-corrected chi connectivity index (χ0v) is 22.7. The lowest BCUT2D eigenvalue weighted by molar-refractivity contribution is -0.128. The summed E-state index contributed by atoms with van der Waals surface area (Å²) in [5.74, 6) is -3.93. The molecule has 2 aliphatic rings. The number of rotatable bonds is 5. The van der Waals surface area contributed by atoms with E-state index < -0.39 is 29.1 Å². The maximum Gasteiger partial charge on any atom is 0.246 e. The SMILES string of the molecule is C=CC(=O)N1CCN2C(=N)c3c(Nc4c(C)ccnc4C(C)O)c(F)c(-c4ccccc4F)c(F)c3OCCC2C1. The number of aryl methyl sites for hydroxylation is 1. The van der Waals surface area contributed by atoms with Gasteiger partial charge in [-0.05, 0) is 37.6 Å². The highest BCUT2D eigenvalue weighted by atomic mass is 19.1. The predicted octanol–water partition coefficient (Wildman–Crippen LogP) is 5.08. The molecular formula is C30H30F3N5O3.